The Labute approximate surface area is 153 Å². The quantitative estimate of drug-likeness (QED) is 0.852. The first kappa shape index (κ1) is 18.3. The lowest BCUT2D eigenvalue weighted by atomic mass is 9.78. The molecule has 6 heteroatoms. The summed E-state index contributed by atoms with van der Waals surface area (Å²) in [5.41, 5.74) is 1.68. The van der Waals surface area contributed by atoms with Crippen molar-refractivity contribution in [2.24, 2.45) is 11.8 Å². The number of carbonyl (C=O) groups excluding carboxylic acids is 2. The second kappa shape index (κ2) is 7.81. The largest absolute Gasteiger partial charge is 0.449 e. The molecule has 1 aromatic carbocycles. The number of fused-ring (bicyclic) bond motifs is 1. The number of nitrogens with one attached hydrogen (secondary N) is 1. The van der Waals surface area contributed by atoms with Crippen LogP contribution in [0, 0.1) is 11.8 Å². The third-order valence-electron chi connectivity index (χ3n) is 5.39. The molecule has 1 N–H and O–H groups in total. The van der Waals surface area contributed by atoms with E-state index in [2.05, 4.69) is 29.1 Å². The molecule has 1 fully saturated rings. The molecule has 0 saturated heterocycles. The number of ether oxygens (including phenoxy) is 1. The van der Waals surface area contributed by atoms with E-state index in [1.165, 1.54) is 6.42 Å². The van der Waals surface area contributed by atoms with Gasteiger partial charge in [-0.05, 0) is 43.4 Å². The van der Waals surface area contributed by atoms with Crippen molar-refractivity contribution in [3.8, 4) is 0 Å². The highest BCUT2D eigenvalue weighted by Crippen LogP contribution is 2.29. The maximum Gasteiger partial charge on any atom is 0.338 e. The number of amides is 1. The first-order valence-corrected chi connectivity index (χ1v) is 9.18. The highest BCUT2D eigenvalue weighted by Gasteiger charge is 2.30. The van der Waals surface area contributed by atoms with Gasteiger partial charge in [-0.15, -0.1) is 0 Å². The molecule has 138 valence electrons. The standard InChI is InChI=1S/C20H25N3O3/c1-12-5-4-6-16(13(12)2)23-19(24)14(3)26-20(25)15-7-8-17-18(11-15)22-10-9-21-17/h7-14,16H,4-6H2,1-3H3,(H,23,24)/t12-,13+,14+,16+/m0/s1. The molecule has 1 aromatic heterocycles. The average Bonchev–Trinajstić information content (AvgIpc) is 2.64. The monoisotopic (exact) mass is 355 g/mol. The molecule has 4 atom stereocenters. The van der Waals surface area contributed by atoms with Gasteiger partial charge in [-0.2, -0.15) is 0 Å². The molecule has 6 nitrogen and oxygen atoms in total. The minimum absolute atomic E-state index is 0.142. The summed E-state index contributed by atoms with van der Waals surface area (Å²) in [5.74, 6) is 0.232. The van der Waals surface area contributed by atoms with Crippen molar-refractivity contribution in [3.63, 3.8) is 0 Å². The Morgan fingerprint density at radius 2 is 1.88 bits per heavy atom. The summed E-state index contributed by atoms with van der Waals surface area (Å²) in [7, 11) is 0. The predicted molar refractivity (Wildman–Crippen MR) is 98.5 cm³/mol. The second-order valence-electron chi connectivity index (χ2n) is 7.19. The molecule has 1 heterocycles. The maximum absolute atomic E-state index is 12.4. The summed E-state index contributed by atoms with van der Waals surface area (Å²) in [6.07, 6.45) is 5.61. The van der Waals surface area contributed by atoms with Crippen LogP contribution in [0.15, 0.2) is 30.6 Å². The molecule has 1 amide bonds. The number of carbonyl (C=O) groups is 2. The van der Waals surface area contributed by atoms with Gasteiger partial charge in [0.25, 0.3) is 5.91 Å². The Kier molecular flexibility index (Phi) is 5.49. The van der Waals surface area contributed by atoms with Gasteiger partial charge in [0.15, 0.2) is 6.10 Å². The molecule has 1 saturated carbocycles. The van der Waals surface area contributed by atoms with Crippen LogP contribution in [0.1, 0.15) is 50.4 Å². The Bertz CT molecular complexity index is 808. The zero-order chi connectivity index (χ0) is 18.7. The highest BCUT2D eigenvalue weighted by molar-refractivity contribution is 5.95. The minimum Gasteiger partial charge on any atom is -0.449 e. The average molecular weight is 355 g/mol. The van der Waals surface area contributed by atoms with Crippen molar-refractivity contribution < 1.29 is 14.3 Å². The molecule has 0 spiro atoms. The summed E-state index contributed by atoms with van der Waals surface area (Å²) >= 11 is 0. The Balaban J connectivity index is 1.61. The van der Waals surface area contributed by atoms with Crippen molar-refractivity contribution in [1.82, 2.24) is 15.3 Å². The van der Waals surface area contributed by atoms with Crippen molar-refractivity contribution >= 4 is 22.9 Å². The summed E-state index contributed by atoms with van der Waals surface area (Å²) in [4.78, 5) is 33.1. The summed E-state index contributed by atoms with van der Waals surface area (Å²) in [6.45, 7) is 5.99. The van der Waals surface area contributed by atoms with Gasteiger partial charge in [-0.1, -0.05) is 26.7 Å². The van der Waals surface area contributed by atoms with E-state index in [1.807, 2.05) is 0 Å². The van der Waals surface area contributed by atoms with Gasteiger partial charge < -0.3 is 10.1 Å². The molecule has 0 bridgehead atoms. The van der Waals surface area contributed by atoms with E-state index in [4.69, 9.17) is 4.74 Å². The SMILES string of the molecule is C[C@@H]1[C@@H](C)CCC[C@H]1NC(=O)[C@@H](C)OC(=O)c1ccc2nccnc2c1. The van der Waals surface area contributed by atoms with Gasteiger partial charge in [-0.3, -0.25) is 14.8 Å². The van der Waals surface area contributed by atoms with Crippen LogP contribution in [0.5, 0.6) is 0 Å². The van der Waals surface area contributed by atoms with Crippen molar-refractivity contribution in [2.75, 3.05) is 0 Å². The van der Waals surface area contributed by atoms with Crippen LogP contribution in [-0.2, 0) is 9.53 Å². The maximum atomic E-state index is 12.4. The topological polar surface area (TPSA) is 81.2 Å². The predicted octanol–water partition coefficient (Wildman–Crippen LogP) is 3.12. The number of benzene rings is 1. The van der Waals surface area contributed by atoms with Crippen LogP contribution in [-0.4, -0.2) is 34.0 Å². The summed E-state index contributed by atoms with van der Waals surface area (Å²) in [6, 6.07) is 5.12. The number of hydrogen-bond acceptors (Lipinski definition) is 5. The van der Waals surface area contributed by atoms with Crippen molar-refractivity contribution in [2.45, 2.75) is 52.2 Å². The van der Waals surface area contributed by atoms with Crippen molar-refractivity contribution in [1.29, 1.82) is 0 Å². The molecule has 0 aliphatic heterocycles. The first-order chi connectivity index (χ1) is 12.5. The summed E-state index contributed by atoms with van der Waals surface area (Å²) in [5, 5.41) is 3.05. The van der Waals surface area contributed by atoms with Gasteiger partial charge in [-0.25, -0.2) is 4.79 Å². The van der Waals surface area contributed by atoms with Crippen LogP contribution in [0.4, 0.5) is 0 Å². The zero-order valence-electron chi connectivity index (χ0n) is 15.4. The number of rotatable bonds is 4. The normalized spacial score (nSPS) is 24.0. The lowest BCUT2D eigenvalue weighted by Gasteiger charge is -2.35. The number of aromatic nitrogens is 2. The lowest BCUT2D eigenvalue weighted by molar-refractivity contribution is -0.130. The van der Waals surface area contributed by atoms with Crippen LogP contribution < -0.4 is 5.32 Å². The van der Waals surface area contributed by atoms with E-state index in [1.54, 1.807) is 37.5 Å². The molecular weight excluding hydrogens is 330 g/mol. The van der Waals surface area contributed by atoms with E-state index in [-0.39, 0.29) is 11.9 Å². The third-order valence-corrected chi connectivity index (χ3v) is 5.39. The van der Waals surface area contributed by atoms with Crippen LogP contribution in [0.2, 0.25) is 0 Å². The molecule has 26 heavy (non-hydrogen) atoms. The van der Waals surface area contributed by atoms with Crippen LogP contribution in [0.25, 0.3) is 11.0 Å². The Morgan fingerprint density at radius 1 is 1.15 bits per heavy atom. The van der Waals surface area contributed by atoms with Crippen molar-refractivity contribution in [3.05, 3.63) is 36.2 Å². The molecule has 1 aliphatic carbocycles. The van der Waals surface area contributed by atoms with Crippen LogP contribution >= 0.6 is 0 Å². The van der Waals surface area contributed by atoms with E-state index < -0.39 is 12.1 Å². The van der Waals surface area contributed by atoms with E-state index in [9.17, 15) is 9.59 Å². The smallest absolute Gasteiger partial charge is 0.338 e. The lowest BCUT2D eigenvalue weighted by Crippen LogP contribution is -2.47. The Hall–Kier alpha value is -2.50. The highest BCUT2D eigenvalue weighted by atomic mass is 16.5. The fourth-order valence-corrected chi connectivity index (χ4v) is 3.46. The molecule has 1 aliphatic rings. The second-order valence-corrected chi connectivity index (χ2v) is 7.19. The zero-order valence-corrected chi connectivity index (χ0v) is 15.4. The first-order valence-electron chi connectivity index (χ1n) is 9.18. The number of nitrogens with zero attached hydrogens (tertiary/aromatic N) is 2. The fraction of sp³-hybridized carbons (Fsp3) is 0.500. The van der Waals surface area contributed by atoms with Gasteiger partial charge >= 0.3 is 5.97 Å². The molecule has 0 unspecified atom stereocenters. The molecule has 0 radical (unpaired) electrons. The van der Waals surface area contributed by atoms with E-state index in [0.29, 0.717) is 28.4 Å². The number of hydrogen-bond donors (Lipinski definition) is 1. The minimum atomic E-state index is -0.843. The third kappa shape index (κ3) is 4.00. The molecular formula is C20H25N3O3. The van der Waals surface area contributed by atoms with Crippen LogP contribution in [0.3, 0.4) is 0 Å². The van der Waals surface area contributed by atoms with Gasteiger partial charge in [0, 0.05) is 18.4 Å². The van der Waals surface area contributed by atoms with Gasteiger partial charge in [0.1, 0.15) is 0 Å². The van der Waals surface area contributed by atoms with E-state index in [0.717, 1.165) is 12.8 Å². The summed E-state index contributed by atoms with van der Waals surface area (Å²) < 4.78 is 5.35. The van der Waals surface area contributed by atoms with Gasteiger partial charge in [0.2, 0.25) is 0 Å². The number of esters is 1. The van der Waals surface area contributed by atoms with Gasteiger partial charge in [0.05, 0.1) is 16.6 Å². The molecule has 3 rings (SSSR count). The van der Waals surface area contributed by atoms with E-state index >= 15 is 0 Å². The Morgan fingerprint density at radius 3 is 2.65 bits per heavy atom. The molecule has 2 aromatic rings. The fourth-order valence-electron chi connectivity index (χ4n) is 3.46.